The summed E-state index contributed by atoms with van der Waals surface area (Å²) in [6.45, 7) is 7.65. The lowest BCUT2D eigenvalue weighted by Gasteiger charge is -2.35. The number of aromatic nitrogens is 2. The number of phenolic OH excluding ortho intramolecular Hbond substituents is 1. The van der Waals surface area contributed by atoms with Crippen LogP contribution in [0.25, 0.3) is 22.3 Å². The minimum Gasteiger partial charge on any atom is -0.508 e. The van der Waals surface area contributed by atoms with Crippen LogP contribution in [0.5, 0.6) is 5.75 Å². The van der Waals surface area contributed by atoms with Crippen LogP contribution in [0, 0.1) is 5.92 Å². The second-order valence-electron chi connectivity index (χ2n) is 15.8. The van der Waals surface area contributed by atoms with Crippen LogP contribution in [0.1, 0.15) is 87.6 Å². The van der Waals surface area contributed by atoms with Crippen LogP contribution in [-0.4, -0.2) is 76.8 Å². The number of nitrogens with two attached hydrogens (primary N) is 1. The highest BCUT2D eigenvalue weighted by atomic mass is 16.7. The van der Waals surface area contributed by atoms with E-state index in [-0.39, 0.29) is 55.6 Å². The van der Waals surface area contributed by atoms with Gasteiger partial charge in [0.05, 0.1) is 29.0 Å². The van der Waals surface area contributed by atoms with Gasteiger partial charge in [-0.05, 0) is 98.5 Å². The maximum Gasteiger partial charge on any atom is 0.510 e. The van der Waals surface area contributed by atoms with Gasteiger partial charge in [-0.1, -0.05) is 39.8 Å². The van der Waals surface area contributed by atoms with Gasteiger partial charge in [-0.3, -0.25) is 19.2 Å². The smallest absolute Gasteiger partial charge is 0.508 e. The van der Waals surface area contributed by atoms with E-state index in [4.69, 9.17) is 29.7 Å². The van der Waals surface area contributed by atoms with Gasteiger partial charge in [0.25, 0.3) is 5.56 Å². The molecule has 0 spiro atoms. The van der Waals surface area contributed by atoms with Crippen molar-refractivity contribution in [2.45, 2.75) is 97.6 Å². The molecule has 0 saturated heterocycles. The molecule has 4 aromatic rings. The number of rotatable bonds is 19. The summed E-state index contributed by atoms with van der Waals surface area (Å²) in [5.41, 5.74) is 8.03. The fourth-order valence-electron chi connectivity index (χ4n) is 7.72. The minimum absolute atomic E-state index is 0.0564. The van der Waals surface area contributed by atoms with Crippen molar-refractivity contribution >= 4 is 46.4 Å². The number of carbonyl (C=O) groups excluding carboxylic acids is 5. The molecule has 2 aromatic carbocycles. The number of esters is 1. The second kappa shape index (κ2) is 20.0. The maximum atomic E-state index is 14.0. The van der Waals surface area contributed by atoms with E-state index in [1.807, 2.05) is 20.8 Å². The number of cyclic esters (lactones) is 1. The zero-order chi connectivity index (χ0) is 44.6. The number of nitrogens with one attached hydrogen (secondary N) is 3. The zero-order valence-electron chi connectivity index (χ0n) is 35.5. The Morgan fingerprint density at radius 2 is 1.74 bits per heavy atom. The number of anilines is 1. The molecule has 0 fully saturated rings. The molecular weight excluding hydrogens is 801 g/mol. The van der Waals surface area contributed by atoms with E-state index >= 15 is 0 Å². The highest BCUT2D eigenvalue weighted by Gasteiger charge is 2.51. The Morgan fingerprint density at radius 1 is 0.984 bits per heavy atom. The SMILES string of the molecule is CCc1c2c(nc3ccc(O)cc13)-c1cc3c(c(=O)n1C2)COC(=O)[C@@]3(CC)OC(=O)OCc1ccc(NC(=O)[C@H](CCCCN)NC(=O)COCC(=O)NCCC(C)C)cc1. The summed E-state index contributed by atoms with van der Waals surface area (Å²) in [4.78, 5) is 83.6. The summed E-state index contributed by atoms with van der Waals surface area (Å²) in [5.74, 6) is -1.66. The van der Waals surface area contributed by atoms with Gasteiger partial charge in [-0.25, -0.2) is 14.6 Å². The number of ether oxygens (including phenoxy) is 4. The molecule has 0 bridgehead atoms. The lowest BCUT2D eigenvalue weighted by Crippen LogP contribution is -2.47. The predicted molar refractivity (Wildman–Crippen MR) is 228 cm³/mol. The number of fused-ring (bicyclic) bond motifs is 5. The number of amides is 3. The molecule has 2 aliphatic heterocycles. The van der Waals surface area contributed by atoms with E-state index in [0.717, 1.165) is 22.9 Å². The highest BCUT2D eigenvalue weighted by molar-refractivity contribution is 5.97. The van der Waals surface area contributed by atoms with E-state index in [2.05, 4.69) is 16.0 Å². The molecule has 17 heteroatoms. The summed E-state index contributed by atoms with van der Waals surface area (Å²) >= 11 is 0. The van der Waals surface area contributed by atoms with Crippen LogP contribution in [0.15, 0.2) is 53.3 Å². The first-order valence-electron chi connectivity index (χ1n) is 21.0. The van der Waals surface area contributed by atoms with Crippen molar-refractivity contribution in [3.8, 4) is 17.1 Å². The van der Waals surface area contributed by atoms with Crippen LogP contribution >= 0.6 is 0 Å². The average Bonchev–Trinajstić information content (AvgIpc) is 3.61. The quantitative estimate of drug-likeness (QED) is 0.0571. The van der Waals surface area contributed by atoms with Gasteiger partial charge >= 0.3 is 12.1 Å². The van der Waals surface area contributed by atoms with Crippen molar-refractivity contribution in [3.05, 3.63) is 86.7 Å². The van der Waals surface area contributed by atoms with Crippen LogP contribution < -0.4 is 27.2 Å². The molecule has 0 saturated carbocycles. The van der Waals surface area contributed by atoms with Gasteiger partial charge in [0, 0.05) is 28.7 Å². The van der Waals surface area contributed by atoms with Gasteiger partial charge in [0.2, 0.25) is 23.3 Å². The van der Waals surface area contributed by atoms with Crippen molar-refractivity contribution in [1.29, 1.82) is 0 Å². The Bertz CT molecular complexity index is 2400. The first-order valence-corrected chi connectivity index (χ1v) is 21.0. The molecule has 2 atom stereocenters. The molecule has 2 aliphatic rings. The van der Waals surface area contributed by atoms with Crippen LogP contribution in [-0.2, 0) is 69.9 Å². The lowest BCUT2D eigenvalue weighted by atomic mass is 9.85. The zero-order valence-corrected chi connectivity index (χ0v) is 35.5. The number of hydrogen-bond acceptors (Lipinski definition) is 13. The third-order valence-corrected chi connectivity index (χ3v) is 11.1. The Labute approximate surface area is 358 Å². The Morgan fingerprint density at radius 3 is 2.45 bits per heavy atom. The molecule has 4 heterocycles. The van der Waals surface area contributed by atoms with Gasteiger partial charge in [0.1, 0.15) is 38.2 Å². The summed E-state index contributed by atoms with van der Waals surface area (Å²) < 4.78 is 23.5. The summed E-state index contributed by atoms with van der Waals surface area (Å²) in [6, 6.07) is 12.1. The Hall–Kier alpha value is -6.33. The van der Waals surface area contributed by atoms with Crippen molar-refractivity contribution in [2.24, 2.45) is 11.7 Å². The number of unbranched alkanes of at least 4 members (excludes halogenated alkanes) is 1. The first kappa shape index (κ1) is 45.2. The fourth-order valence-corrected chi connectivity index (χ4v) is 7.72. The number of hydrogen-bond donors (Lipinski definition) is 5. The van der Waals surface area contributed by atoms with Gasteiger partial charge < -0.3 is 50.3 Å². The van der Waals surface area contributed by atoms with Crippen molar-refractivity contribution in [3.63, 3.8) is 0 Å². The first-order chi connectivity index (χ1) is 29.8. The topological polar surface area (TPSA) is 240 Å². The summed E-state index contributed by atoms with van der Waals surface area (Å²) in [5, 5.41) is 19.2. The third kappa shape index (κ3) is 10.1. The van der Waals surface area contributed by atoms with Gasteiger partial charge in [0.15, 0.2) is 0 Å². The predicted octanol–water partition coefficient (Wildman–Crippen LogP) is 4.44. The number of phenols is 1. The molecule has 0 radical (unpaired) electrons. The molecule has 330 valence electrons. The monoisotopic (exact) mass is 854 g/mol. The average molecular weight is 855 g/mol. The van der Waals surface area contributed by atoms with Crippen LogP contribution in [0.3, 0.4) is 0 Å². The van der Waals surface area contributed by atoms with E-state index in [9.17, 15) is 33.9 Å². The van der Waals surface area contributed by atoms with Crippen LogP contribution in [0.4, 0.5) is 10.5 Å². The summed E-state index contributed by atoms with van der Waals surface area (Å²) in [7, 11) is 0. The largest absolute Gasteiger partial charge is 0.510 e. The number of pyridine rings is 2. The molecule has 6 N–H and O–H groups in total. The maximum absolute atomic E-state index is 14.0. The van der Waals surface area contributed by atoms with Crippen molar-refractivity contribution in [2.75, 3.05) is 31.6 Å². The molecule has 0 aliphatic carbocycles. The lowest BCUT2D eigenvalue weighted by molar-refractivity contribution is -0.175. The molecule has 2 aromatic heterocycles. The number of benzene rings is 2. The number of aryl methyl sites for hydroxylation is 1. The molecule has 3 amide bonds. The van der Waals surface area contributed by atoms with E-state index in [1.54, 1.807) is 60.0 Å². The third-order valence-electron chi connectivity index (χ3n) is 11.1. The summed E-state index contributed by atoms with van der Waals surface area (Å²) in [6.07, 6.45) is 1.76. The van der Waals surface area contributed by atoms with E-state index < -0.39 is 47.7 Å². The molecule has 17 nitrogen and oxygen atoms in total. The van der Waals surface area contributed by atoms with E-state index in [0.29, 0.717) is 72.8 Å². The standard InChI is InChI=1S/C45H54N6O11/c1-5-30-31-19-29(52)14-15-35(31)50-40-32(30)21-51-37(40)20-34-33(42(51)56)23-60-43(57)45(34,6-2)62-44(58)61-22-27-10-12-28(13-11-27)48-41(55)36(9-7-8-17-46)49-39(54)25-59-24-38(53)47-18-16-26(3)4/h10-15,19-20,26,36,52H,5-9,16-18,21-25,46H2,1-4H3,(H,47,53)(H,48,55)(H,49,54)/t36-,45-/m0/s1. The highest BCUT2D eigenvalue weighted by Crippen LogP contribution is 2.42. The number of nitrogens with zero attached hydrogens (tertiary/aromatic N) is 2. The minimum atomic E-state index is -1.98. The molecular formula is C45H54N6O11. The fraction of sp³-hybridized carbons (Fsp3) is 0.444. The Kier molecular flexibility index (Phi) is 14.6. The normalized spacial score (nSPS) is 15.5. The molecule has 6 rings (SSSR count). The van der Waals surface area contributed by atoms with Gasteiger partial charge in [-0.2, -0.15) is 0 Å². The van der Waals surface area contributed by atoms with Crippen molar-refractivity contribution in [1.82, 2.24) is 20.2 Å². The van der Waals surface area contributed by atoms with Gasteiger partial charge in [-0.15, -0.1) is 0 Å². The second-order valence-corrected chi connectivity index (χ2v) is 15.8. The number of aromatic hydroxyl groups is 1. The van der Waals surface area contributed by atoms with E-state index in [1.165, 1.54) is 0 Å². The Balaban J connectivity index is 1.09. The van der Waals surface area contributed by atoms with Crippen molar-refractivity contribution < 1.29 is 48.0 Å². The van der Waals surface area contributed by atoms with Crippen LogP contribution in [0.2, 0.25) is 0 Å². The number of carbonyl (C=O) groups is 5. The molecule has 0 unspecified atom stereocenters. The molecule has 62 heavy (non-hydrogen) atoms.